The molecule has 3 aromatic rings. The maximum atomic E-state index is 12.2. The third-order valence-electron chi connectivity index (χ3n) is 3.75. The van der Waals surface area contributed by atoms with Gasteiger partial charge in [0, 0.05) is 24.5 Å². The fraction of sp³-hybridized carbons (Fsp3) is 0.222. The van der Waals surface area contributed by atoms with E-state index in [9.17, 15) is 9.59 Å². The van der Waals surface area contributed by atoms with Gasteiger partial charge in [-0.15, -0.1) is 0 Å². The van der Waals surface area contributed by atoms with Crippen molar-refractivity contribution in [3.05, 3.63) is 69.5 Å². The van der Waals surface area contributed by atoms with E-state index in [1.165, 1.54) is 11.5 Å². The first-order valence-corrected chi connectivity index (χ1v) is 8.89. The summed E-state index contributed by atoms with van der Waals surface area (Å²) in [4.78, 5) is 24.1. The van der Waals surface area contributed by atoms with Crippen molar-refractivity contribution >= 4 is 39.1 Å². The molecular weight excluding hydrogens is 344 g/mol. The highest BCUT2D eigenvalue weighted by atomic mass is 35.5. The minimum Gasteiger partial charge on any atom is -0.352 e. The van der Waals surface area contributed by atoms with E-state index in [1.807, 2.05) is 42.5 Å². The largest absolute Gasteiger partial charge is 0.352 e. The Hall–Kier alpha value is -2.11. The lowest BCUT2D eigenvalue weighted by molar-refractivity contribution is -0.121. The number of rotatable bonds is 6. The van der Waals surface area contributed by atoms with E-state index in [0.29, 0.717) is 31.0 Å². The quantitative estimate of drug-likeness (QED) is 0.726. The Morgan fingerprint density at radius 1 is 1.12 bits per heavy atom. The lowest BCUT2D eigenvalue weighted by Gasteiger charge is -2.07. The van der Waals surface area contributed by atoms with Crippen LogP contribution in [0.2, 0.25) is 5.02 Å². The van der Waals surface area contributed by atoms with E-state index in [0.717, 1.165) is 15.6 Å². The molecule has 2 aromatic carbocycles. The molecule has 24 heavy (non-hydrogen) atoms. The van der Waals surface area contributed by atoms with Crippen LogP contribution in [-0.2, 0) is 17.9 Å². The molecule has 0 unspecified atom stereocenters. The van der Waals surface area contributed by atoms with E-state index >= 15 is 0 Å². The normalized spacial score (nSPS) is 10.9. The molecule has 6 heteroatoms. The fourth-order valence-corrected chi connectivity index (χ4v) is 3.71. The van der Waals surface area contributed by atoms with Crippen LogP contribution in [0, 0.1) is 0 Å². The SMILES string of the molecule is O=C(CCCn1sc2ccccc2c1=O)NCc1ccccc1Cl. The maximum absolute atomic E-state index is 12.2. The Balaban J connectivity index is 1.50. The topological polar surface area (TPSA) is 51.1 Å². The van der Waals surface area contributed by atoms with Gasteiger partial charge in [0.25, 0.3) is 5.56 Å². The van der Waals surface area contributed by atoms with Crippen molar-refractivity contribution < 1.29 is 4.79 Å². The predicted molar refractivity (Wildman–Crippen MR) is 98.6 cm³/mol. The highest BCUT2D eigenvalue weighted by Crippen LogP contribution is 2.16. The van der Waals surface area contributed by atoms with Crippen molar-refractivity contribution in [1.82, 2.24) is 9.27 Å². The molecule has 0 spiro atoms. The Bertz CT molecular complexity index is 917. The number of aryl methyl sites for hydroxylation is 1. The molecule has 124 valence electrons. The molecule has 3 rings (SSSR count). The van der Waals surface area contributed by atoms with E-state index in [-0.39, 0.29) is 11.5 Å². The zero-order valence-corrected chi connectivity index (χ0v) is 14.6. The smallest absolute Gasteiger partial charge is 0.268 e. The van der Waals surface area contributed by atoms with Gasteiger partial charge in [-0.1, -0.05) is 53.5 Å². The highest BCUT2D eigenvalue weighted by Gasteiger charge is 2.08. The average molecular weight is 361 g/mol. The van der Waals surface area contributed by atoms with Gasteiger partial charge in [-0.05, 0) is 30.2 Å². The Morgan fingerprint density at radius 3 is 2.67 bits per heavy atom. The standard InChI is InChI=1S/C18H17ClN2O2S/c19-15-8-3-1-6-13(15)12-20-17(22)10-5-11-21-18(23)14-7-2-4-9-16(14)24-21/h1-4,6-9H,5,10-12H2,(H,20,22). The molecule has 0 fully saturated rings. The fourth-order valence-electron chi connectivity index (χ4n) is 2.47. The maximum Gasteiger partial charge on any atom is 0.268 e. The summed E-state index contributed by atoms with van der Waals surface area (Å²) in [6, 6.07) is 15.0. The molecule has 0 atom stereocenters. The summed E-state index contributed by atoms with van der Waals surface area (Å²) >= 11 is 7.50. The van der Waals surface area contributed by atoms with Crippen LogP contribution in [0.5, 0.6) is 0 Å². The van der Waals surface area contributed by atoms with Gasteiger partial charge in [0.15, 0.2) is 0 Å². The zero-order valence-electron chi connectivity index (χ0n) is 13.0. The number of aromatic nitrogens is 1. The van der Waals surface area contributed by atoms with Gasteiger partial charge < -0.3 is 5.32 Å². The van der Waals surface area contributed by atoms with Crippen LogP contribution < -0.4 is 10.9 Å². The Kier molecular flexibility index (Phi) is 5.33. The molecular formula is C18H17ClN2O2S. The van der Waals surface area contributed by atoms with Gasteiger partial charge in [-0.3, -0.25) is 13.5 Å². The molecule has 4 nitrogen and oxygen atoms in total. The van der Waals surface area contributed by atoms with Crippen LogP contribution in [0.3, 0.4) is 0 Å². The van der Waals surface area contributed by atoms with Crippen LogP contribution in [0.4, 0.5) is 0 Å². The summed E-state index contributed by atoms with van der Waals surface area (Å²) in [7, 11) is 0. The minimum absolute atomic E-state index is 0.0204. The summed E-state index contributed by atoms with van der Waals surface area (Å²) < 4.78 is 2.69. The van der Waals surface area contributed by atoms with Gasteiger partial charge in [0.05, 0.1) is 10.1 Å². The zero-order chi connectivity index (χ0) is 16.9. The number of amides is 1. The molecule has 0 saturated heterocycles. The third kappa shape index (κ3) is 3.86. The second kappa shape index (κ2) is 7.64. The van der Waals surface area contributed by atoms with Crippen molar-refractivity contribution in [3.63, 3.8) is 0 Å². The van der Waals surface area contributed by atoms with Crippen molar-refractivity contribution in [2.45, 2.75) is 25.9 Å². The number of fused-ring (bicyclic) bond motifs is 1. The van der Waals surface area contributed by atoms with Crippen molar-refractivity contribution in [2.24, 2.45) is 0 Å². The number of hydrogen-bond donors (Lipinski definition) is 1. The third-order valence-corrected chi connectivity index (χ3v) is 5.24. The number of hydrogen-bond acceptors (Lipinski definition) is 3. The van der Waals surface area contributed by atoms with Gasteiger partial charge in [-0.2, -0.15) is 0 Å². The van der Waals surface area contributed by atoms with E-state index in [1.54, 1.807) is 10.0 Å². The summed E-state index contributed by atoms with van der Waals surface area (Å²) in [5.41, 5.74) is 0.917. The first-order valence-electron chi connectivity index (χ1n) is 7.74. The predicted octanol–water partition coefficient (Wildman–Crippen LogP) is 3.81. The van der Waals surface area contributed by atoms with Gasteiger partial charge in [0.2, 0.25) is 5.91 Å². The van der Waals surface area contributed by atoms with Crippen molar-refractivity contribution in [3.8, 4) is 0 Å². The highest BCUT2D eigenvalue weighted by molar-refractivity contribution is 7.13. The number of nitrogens with one attached hydrogen (secondary N) is 1. The Morgan fingerprint density at radius 2 is 1.88 bits per heavy atom. The molecule has 0 radical (unpaired) electrons. The van der Waals surface area contributed by atoms with E-state index in [4.69, 9.17) is 11.6 Å². The van der Waals surface area contributed by atoms with Crippen LogP contribution in [0.1, 0.15) is 18.4 Å². The number of carbonyl (C=O) groups excluding carboxylic acids is 1. The number of carbonyl (C=O) groups is 1. The van der Waals surface area contributed by atoms with E-state index < -0.39 is 0 Å². The van der Waals surface area contributed by atoms with Crippen LogP contribution in [-0.4, -0.2) is 9.86 Å². The second-order valence-electron chi connectivity index (χ2n) is 5.47. The van der Waals surface area contributed by atoms with E-state index in [2.05, 4.69) is 5.32 Å². The van der Waals surface area contributed by atoms with Crippen LogP contribution in [0.15, 0.2) is 53.3 Å². The number of halogens is 1. The molecule has 0 aliphatic rings. The molecule has 0 saturated carbocycles. The van der Waals surface area contributed by atoms with Crippen LogP contribution >= 0.6 is 23.1 Å². The molecule has 0 aliphatic heterocycles. The first-order chi connectivity index (χ1) is 11.6. The van der Waals surface area contributed by atoms with Gasteiger partial charge in [-0.25, -0.2) is 0 Å². The lowest BCUT2D eigenvalue weighted by Crippen LogP contribution is -2.23. The molecule has 1 heterocycles. The Labute approximate surface area is 148 Å². The number of benzene rings is 2. The molecule has 1 aromatic heterocycles. The molecule has 1 N–H and O–H groups in total. The van der Waals surface area contributed by atoms with Crippen molar-refractivity contribution in [1.29, 1.82) is 0 Å². The lowest BCUT2D eigenvalue weighted by atomic mass is 10.2. The monoisotopic (exact) mass is 360 g/mol. The van der Waals surface area contributed by atoms with Crippen LogP contribution in [0.25, 0.3) is 10.1 Å². The molecule has 0 aliphatic carbocycles. The molecule has 1 amide bonds. The van der Waals surface area contributed by atoms with Gasteiger partial charge in [0.1, 0.15) is 0 Å². The second-order valence-corrected chi connectivity index (χ2v) is 6.94. The summed E-state index contributed by atoms with van der Waals surface area (Å²) in [5, 5.41) is 4.25. The average Bonchev–Trinajstić information content (AvgIpc) is 2.91. The summed E-state index contributed by atoms with van der Waals surface area (Å²) in [6.45, 7) is 0.971. The van der Waals surface area contributed by atoms with Gasteiger partial charge >= 0.3 is 0 Å². The number of nitrogens with zero attached hydrogens (tertiary/aromatic N) is 1. The minimum atomic E-state index is -0.0379. The first kappa shape index (κ1) is 16.7. The summed E-state index contributed by atoms with van der Waals surface area (Å²) in [5.74, 6) is -0.0379. The van der Waals surface area contributed by atoms with Crippen molar-refractivity contribution in [2.75, 3.05) is 0 Å². The molecule has 0 bridgehead atoms. The summed E-state index contributed by atoms with van der Waals surface area (Å²) in [6.07, 6.45) is 1.01.